The number of anilines is 2. The molecule has 2 aromatic heterocycles. The van der Waals surface area contributed by atoms with Gasteiger partial charge in [-0.25, -0.2) is 9.97 Å². The van der Waals surface area contributed by atoms with Crippen LogP contribution < -0.4 is 10.6 Å². The van der Waals surface area contributed by atoms with Gasteiger partial charge < -0.3 is 15.4 Å². The van der Waals surface area contributed by atoms with E-state index in [0.29, 0.717) is 22.0 Å². The lowest BCUT2D eigenvalue weighted by atomic mass is 10.1. The third-order valence-corrected chi connectivity index (χ3v) is 5.59. The number of rotatable bonds is 4. The van der Waals surface area contributed by atoms with Crippen LogP contribution in [0.15, 0.2) is 42.6 Å². The number of ether oxygens (including phenoxy) is 1. The highest BCUT2D eigenvalue weighted by molar-refractivity contribution is 7.14. The van der Waals surface area contributed by atoms with Gasteiger partial charge in [-0.05, 0) is 25.1 Å². The van der Waals surface area contributed by atoms with Crippen molar-refractivity contribution in [3.63, 3.8) is 0 Å². The minimum atomic E-state index is 0.352. The number of aromatic nitrogens is 2. The van der Waals surface area contributed by atoms with E-state index in [9.17, 15) is 0 Å². The Labute approximate surface area is 162 Å². The number of hydrogen-bond acceptors (Lipinski definition) is 7. The Morgan fingerprint density at radius 1 is 1.19 bits per heavy atom. The van der Waals surface area contributed by atoms with Gasteiger partial charge in [-0.15, -0.1) is 11.3 Å². The van der Waals surface area contributed by atoms with Gasteiger partial charge in [0.25, 0.3) is 0 Å². The number of nitrogens with zero attached hydrogens (tertiary/aromatic N) is 3. The van der Waals surface area contributed by atoms with Crippen LogP contribution in [0, 0.1) is 12.3 Å². The van der Waals surface area contributed by atoms with Crippen LogP contribution in [0.3, 0.4) is 0 Å². The van der Waals surface area contributed by atoms with E-state index < -0.39 is 0 Å². The molecule has 3 heterocycles. The lowest BCUT2D eigenvalue weighted by Gasteiger charge is -2.27. The number of para-hydroxylation sites is 1. The Bertz CT molecular complexity index is 961. The fourth-order valence-electron chi connectivity index (χ4n) is 3.12. The summed E-state index contributed by atoms with van der Waals surface area (Å²) >= 11 is 1.51. The fraction of sp³-hybridized carbons (Fsp3) is 0.250. The smallest absolute Gasteiger partial charge is 0.142 e. The van der Waals surface area contributed by atoms with Crippen LogP contribution >= 0.6 is 11.3 Å². The zero-order chi connectivity index (χ0) is 18.8. The third kappa shape index (κ3) is 3.56. The molecule has 0 saturated carbocycles. The van der Waals surface area contributed by atoms with Crippen LogP contribution in [-0.2, 0) is 4.74 Å². The summed E-state index contributed by atoms with van der Waals surface area (Å²) in [7, 11) is 0. The molecule has 0 unspecified atom stereocenters. The van der Waals surface area contributed by atoms with Crippen LogP contribution in [-0.4, -0.2) is 42.0 Å². The van der Waals surface area contributed by atoms with Crippen LogP contribution in [0.2, 0.25) is 0 Å². The van der Waals surface area contributed by atoms with Crippen molar-refractivity contribution >= 4 is 28.6 Å². The summed E-state index contributed by atoms with van der Waals surface area (Å²) in [6, 6.07) is 11.5. The first-order valence-electron chi connectivity index (χ1n) is 8.84. The van der Waals surface area contributed by atoms with Gasteiger partial charge in [0.15, 0.2) is 0 Å². The Morgan fingerprint density at radius 3 is 2.67 bits per heavy atom. The minimum absolute atomic E-state index is 0.352. The summed E-state index contributed by atoms with van der Waals surface area (Å²) in [4.78, 5) is 12.6. The molecule has 0 spiro atoms. The van der Waals surface area contributed by atoms with Crippen LogP contribution in [0.4, 0.5) is 11.5 Å². The molecule has 1 saturated heterocycles. The Kier molecular flexibility index (Phi) is 4.87. The van der Waals surface area contributed by atoms with Gasteiger partial charge in [0.2, 0.25) is 0 Å². The molecule has 138 valence electrons. The van der Waals surface area contributed by atoms with Gasteiger partial charge >= 0.3 is 0 Å². The van der Waals surface area contributed by atoms with Crippen molar-refractivity contribution in [1.82, 2.24) is 9.97 Å². The van der Waals surface area contributed by atoms with Crippen molar-refractivity contribution in [2.24, 2.45) is 0 Å². The van der Waals surface area contributed by atoms with E-state index in [1.165, 1.54) is 11.3 Å². The SMILES string of the molecule is Cc1sc(C(=N)c2ccccc2N)nc1-c1ccc(N2CCOCC2)nc1. The molecule has 1 aliphatic heterocycles. The quantitative estimate of drug-likeness (QED) is 0.536. The molecule has 3 N–H and O–H groups in total. The topological polar surface area (TPSA) is 88.1 Å². The van der Waals surface area contributed by atoms with Gasteiger partial charge in [0.1, 0.15) is 10.8 Å². The van der Waals surface area contributed by atoms with Crippen molar-refractivity contribution in [3.05, 3.63) is 58.0 Å². The van der Waals surface area contributed by atoms with E-state index in [4.69, 9.17) is 20.9 Å². The average Bonchev–Trinajstić information content (AvgIpc) is 3.10. The first-order chi connectivity index (χ1) is 13.1. The van der Waals surface area contributed by atoms with Gasteiger partial charge in [0, 0.05) is 41.0 Å². The number of aryl methyl sites for hydroxylation is 1. The average molecular weight is 379 g/mol. The third-order valence-electron chi connectivity index (χ3n) is 4.60. The maximum absolute atomic E-state index is 8.49. The van der Waals surface area contributed by atoms with Gasteiger partial charge in [0.05, 0.1) is 24.6 Å². The van der Waals surface area contributed by atoms with E-state index in [2.05, 4.69) is 9.88 Å². The summed E-state index contributed by atoms with van der Waals surface area (Å²) in [5.74, 6) is 0.958. The van der Waals surface area contributed by atoms with Crippen molar-refractivity contribution in [2.45, 2.75) is 6.92 Å². The van der Waals surface area contributed by atoms with E-state index in [-0.39, 0.29) is 0 Å². The normalized spacial score (nSPS) is 14.3. The summed E-state index contributed by atoms with van der Waals surface area (Å²) in [6.45, 7) is 5.23. The Balaban J connectivity index is 1.60. The Hall–Kier alpha value is -2.77. The van der Waals surface area contributed by atoms with Crippen molar-refractivity contribution in [2.75, 3.05) is 36.9 Å². The number of nitrogens with two attached hydrogens (primary N) is 1. The molecule has 0 bridgehead atoms. The summed E-state index contributed by atoms with van der Waals surface area (Å²) in [5.41, 5.74) is 9.49. The van der Waals surface area contributed by atoms with E-state index in [1.54, 1.807) is 6.07 Å². The maximum atomic E-state index is 8.49. The van der Waals surface area contributed by atoms with Crippen LogP contribution in [0.5, 0.6) is 0 Å². The van der Waals surface area contributed by atoms with Crippen molar-refractivity contribution < 1.29 is 4.74 Å². The molecule has 3 aromatic rings. The maximum Gasteiger partial charge on any atom is 0.142 e. The van der Waals surface area contributed by atoms with Crippen molar-refractivity contribution in [1.29, 1.82) is 5.41 Å². The van der Waals surface area contributed by atoms with Crippen LogP contribution in [0.25, 0.3) is 11.3 Å². The number of pyridine rings is 1. The number of morpholine rings is 1. The first-order valence-corrected chi connectivity index (χ1v) is 9.65. The molecular weight excluding hydrogens is 358 g/mol. The summed E-state index contributed by atoms with van der Waals surface area (Å²) < 4.78 is 5.39. The van der Waals surface area contributed by atoms with Gasteiger partial charge in [-0.3, -0.25) is 5.41 Å². The predicted molar refractivity (Wildman–Crippen MR) is 110 cm³/mol. The number of hydrogen-bond donors (Lipinski definition) is 2. The Morgan fingerprint density at radius 2 is 1.96 bits per heavy atom. The molecule has 6 nitrogen and oxygen atoms in total. The summed E-state index contributed by atoms with van der Waals surface area (Å²) in [5, 5.41) is 9.15. The largest absolute Gasteiger partial charge is 0.398 e. The zero-order valence-corrected chi connectivity index (χ0v) is 15.9. The second-order valence-electron chi connectivity index (χ2n) is 6.39. The predicted octanol–water partition coefficient (Wildman–Crippen LogP) is 3.35. The molecule has 4 rings (SSSR count). The molecule has 27 heavy (non-hydrogen) atoms. The molecule has 0 amide bonds. The minimum Gasteiger partial charge on any atom is -0.398 e. The van der Waals surface area contributed by atoms with E-state index in [1.807, 2.05) is 43.5 Å². The monoisotopic (exact) mass is 379 g/mol. The highest BCUT2D eigenvalue weighted by atomic mass is 32.1. The lowest BCUT2D eigenvalue weighted by Crippen LogP contribution is -2.36. The summed E-state index contributed by atoms with van der Waals surface area (Å²) in [6.07, 6.45) is 1.86. The van der Waals surface area contributed by atoms with Crippen molar-refractivity contribution in [3.8, 4) is 11.3 Å². The molecule has 1 fully saturated rings. The molecular formula is C20H21N5OS. The molecule has 0 aliphatic carbocycles. The second kappa shape index (κ2) is 7.46. The molecule has 1 aromatic carbocycles. The molecule has 0 atom stereocenters. The van der Waals surface area contributed by atoms with E-state index >= 15 is 0 Å². The molecule has 0 radical (unpaired) electrons. The van der Waals surface area contributed by atoms with E-state index in [0.717, 1.165) is 48.3 Å². The van der Waals surface area contributed by atoms with Gasteiger partial charge in [-0.1, -0.05) is 18.2 Å². The first kappa shape index (κ1) is 17.6. The molecule has 1 aliphatic rings. The zero-order valence-electron chi connectivity index (χ0n) is 15.1. The second-order valence-corrected chi connectivity index (χ2v) is 7.59. The number of thiazole rings is 1. The lowest BCUT2D eigenvalue weighted by molar-refractivity contribution is 0.122. The number of benzene rings is 1. The fourth-order valence-corrected chi connectivity index (χ4v) is 4.02. The standard InChI is InChI=1S/C20H21N5OS/c1-13-19(14-6-7-17(23-12-14)25-8-10-26-11-9-25)24-20(27-13)18(22)15-4-2-3-5-16(15)21/h2-7,12,22H,8-11,21H2,1H3. The number of nitrogens with one attached hydrogen (secondary N) is 1. The molecule has 7 heteroatoms. The highest BCUT2D eigenvalue weighted by Crippen LogP contribution is 2.30. The van der Waals surface area contributed by atoms with Gasteiger partial charge in [-0.2, -0.15) is 0 Å². The van der Waals surface area contributed by atoms with Crippen LogP contribution in [0.1, 0.15) is 15.4 Å². The highest BCUT2D eigenvalue weighted by Gasteiger charge is 2.17. The number of nitrogen functional groups attached to an aromatic ring is 1.